The third kappa shape index (κ3) is 6.17. The molecule has 0 aromatic heterocycles. The molecule has 5 heteroatoms. The van der Waals surface area contributed by atoms with Crippen LogP contribution in [0.3, 0.4) is 0 Å². The van der Waals surface area contributed by atoms with Gasteiger partial charge in [-0.25, -0.2) is 4.79 Å². The standard InChI is InChI=1S/C12H19NO2S2/c1-3-9-16-12(13-11(14)15-2)17-10-7-5-4-6-8-10/h3,10H,1,4-9H2,2H3. The molecule has 1 aliphatic carbocycles. The molecule has 1 rings (SSSR count). The number of amides is 1. The molecule has 0 heterocycles. The molecule has 0 atom stereocenters. The second kappa shape index (κ2) is 8.64. The summed E-state index contributed by atoms with van der Waals surface area (Å²) in [4.78, 5) is 15.1. The summed E-state index contributed by atoms with van der Waals surface area (Å²) in [5.41, 5.74) is 0. The molecule has 3 nitrogen and oxygen atoms in total. The van der Waals surface area contributed by atoms with Crippen molar-refractivity contribution in [2.24, 2.45) is 4.99 Å². The van der Waals surface area contributed by atoms with Crippen molar-refractivity contribution in [3.05, 3.63) is 12.7 Å². The number of hydrogen-bond acceptors (Lipinski definition) is 4. The fourth-order valence-electron chi connectivity index (χ4n) is 1.67. The molecule has 1 saturated carbocycles. The summed E-state index contributed by atoms with van der Waals surface area (Å²) in [6, 6.07) is 0. The van der Waals surface area contributed by atoms with Gasteiger partial charge in [0.2, 0.25) is 0 Å². The number of methoxy groups -OCH3 is 1. The van der Waals surface area contributed by atoms with E-state index in [1.54, 1.807) is 23.5 Å². The zero-order chi connectivity index (χ0) is 12.5. The molecule has 17 heavy (non-hydrogen) atoms. The largest absolute Gasteiger partial charge is 0.451 e. The van der Waals surface area contributed by atoms with E-state index in [0.29, 0.717) is 5.25 Å². The van der Waals surface area contributed by atoms with Crippen molar-refractivity contribution in [1.29, 1.82) is 0 Å². The first-order valence-electron chi connectivity index (χ1n) is 5.83. The lowest BCUT2D eigenvalue weighted by Crippen LogP contribution is -2.11. The molecule has 0 unspecified atom stereocenters. The van der Waals surface area contributed by atoms with E-state index in [2.05, 4.69) is 16.3 Å². The van der Waals surface area contributed by atoms with E-state index in [0.717, 1.165) is 10.1 Å². The van der Waals surface area contributed by atoms with Gasteiger partial charge < -0.3 is 4.74 Å². The first-order valence-corrected chi connectivity index (χ1v) is 7.69. The molecule has 0 bridgehead atoms. The maximum atomic E-state index is 11.2. The van der Waals surface area contributed by atoms with Crippen LogP contribution < -0.4 is 0 Å². The third-order valence-corrected chi connectivity index (χ3v) is 4.98. The van der Waals surface area contributed by atoms with E-state index in [-0.39, 0.29) is 0 Å². The van der Waals surface area contributed by atoms with Crippen LogP contribution >= 0.6 is 23.5 Å². The van der Waals surface area contributed by atoms with Gasteiger partial charge in [-0.3, -0.25) is 0 Å². The summed E-state index contributed by atoms with van der Waals surface area (Å²) in [5.74, 6) is 0.773. The summed E-state index contributed by atoms with van der Waals surface area (Å²) >= 11 is 3.27. The monoisotopic (exact) mass is 273 g/mol. The Morgan fingerprint density at radius 3 is 2.76 bits per heavy atom. The van der Waals surface area contributed by atoms with Crippen LogP contribution in [0.2, 0.25) is 0 Å². The van der Waals surface area contributed by atoms with Gasteiger partial charge in [-0.2, -0.15) is 4.99 Å². The molecule has 0 aromatic rings. The minimum absolute atomic E-state index is 0.514. The van der Waals surface area contributed by atoms with E-state index in [9.17, 15) is 4.79 Å². The number of rotatable bonds is 3. The maximum Gasteiger partial charge on any atom is 0.434 e. The number of ether oxygens (including phenoxy) is 1. The number of carbonyl (C=O) groups is 1. The van der Waals surface area contributed by atoms with Crippen LogP contribution in [0.15, 0.2) is 17.6 Å². The fourth-order valence-corrected chi connectivity index (χ4v) is 3.93. The molecule has 96 valence electrons. The number of aliphatic imine (C=N–C) groups is 1. The molecular formula is C12H19NO2S2. The van der Waals surface area contributed by atoms with E-state index in [1.807, 2.05) is 6.08 Å². The highest BCUT2D eigenvalue weighted by molar-refractivity contribution is 8.39. The molecule has 1 aliphatic rings. The van der Waals surface area contributed by atoms with Crippen LogP contribution in [0.4, 0.5) is 4.79 Å². The summed E-state index contributed by atoms with van der Waals surface area (Å²) in [7, 11) is 1.35. The predicted molar refractivity (Wildman–Crippen MR) is 77.0 cm³/mol. The Labute approximate surface area is 111 Å². The molecule has 0 spiro atoms. The number of carbonyl (C=O) groups excluding carboxylic acids is 1. The molecule has 0 radical (unpaired) electrons. The highest BCUT2D eigenvalue weighted by Gasteiger charge is 2.17. The lowest BCUT2D eigenvalue weighted by atomic mass is 10.0. The molecule has 0 N–H and O–H groups in total. The Hall–Kier alpha value is -0.420. The van der Waals surface area contributed by atoms with E-state index >= 15 is 0 Å². The Morgan fingerprint density at radius 1 is 1.47 bits per heavy atom. The van der Waals surface area contributed by atoms with Crippen molar-refractivity contribution in [3.8, 4) is 0 Å². The summed E-state index contributed by atoms with van der Waals surface area (Å²) in [6.45, 7) is 3.68. The van der Waals surface area contributed by atoms with Crippen LogP contribution in [0.5, 0.6) is 0 Å². The van der Waals surface area contributed by atoms with Crippen LogP contribution in [0, 0.1) is 0 Å². The molecule has 0 saturated heterocycles. The van der Waals surface area contributed by atoms with Crippen molar-refractivity contribution in [3.63, 3.8) is 0 Å². The molecule has 1 fully saturated rings. The smallest absolute Gasteiger partial charge is 0.434 e. The van der Waals surface area contributed by atoms with Gasteiger partial charge in [0.05, 0.1) is 7.11 Å². The average molecular weight is 273 g/mol. The maximum absolute atomic E-state index is 11.2. The van der Waals surface area contributed by atoms with Gasteiger partial charge in [-0.1, -0.05) is 48.9 Å². The number of hydrogen-bond donors (Lipinski definition) is 0. The molecule has 0 aromatic carbocycles. The van der Waals surface area contributed by atoms with Gasteiger partial charge in [0.1, 0.15) is 4.38 Å². The van der Waals surface area contributed by atoms with E-state index in [4.69, 9.17) is 0 Å². The third-order valence-electron chi connectivity index (χ3n) is 2.50. The van der Waals surface area contributed by atoms with Crippen molar-refractivity contribution in [2.75, 3.05) is 12.9 Å². The van der Waals surface area contributed by atoms with Gasteiger partial charge in [-0.05, 0) is 12.8 Å². The second-order valence-corrected chi connectivity index (χ2v) is 6.38. The normalized spacial score (nSPS) is 17.8. The Morgan fingerprint density at radius 2 is 2.18 bits per heavy atom. The SMILES string of the molecule is C=CCSC(=NC(=O)OC)SC1CCCCC1. The molecular weight excluding hydrogens is 254 g/mol. The van der Waals surface area contributed by atoms with Crippen molar-refractivity contribution < 1.29 is 9.53 Å². The van der Waals surface area contributed by atoms with Crippen molar-refractivity contribution >= 4 is 34.0 Å². The Bertz CT molecular complexity index is 286. The lowest BCUT2D eigenvalue weighted by molar-refractivity contribution is 0.183. The first kappa shape index (κ1) is 14.6. The highest BCUT2D eigenvalue weighted by atomic mass is 32.2. The first-order chi connectivity index (χ1) is 8.26. The Balaban J connectivity index is 2.51. The summed E-state index contributed by atoms with van der Waals surface area (Å²) < 4.78 is 5.38. The van der Waals surface area contributed by atoms with Crippen molar-refractivity contribution in [1.82, 2.24) is 0 Å². The van der Waals surface area contributed by atoms with Crippen LogP contribution in [0.25, 0.3) is 0 Å². The lowest BCUT2D eigenvalue weighted by Gasteiger charge is -2.20. The van der Waals surface area contributed by atoms with Gasteiger partial charge in [0.15, 0.2) is 0 Å². The zero-order valence-electron chi connectivity index (χ0n) is 10.2. The Kier molecular flexibility index (Phi) is 7.44. The van der Waals surface area contributed by atoms with Gasteiger partial charge in [0.25, 0.3) is 0 Å². The van der Waals surface area contributed by atoms with Crippen LogP contribution in [-0.4, -0.2) is 28.6 Å². The minimum Gasteiger partial charge on any atom is -0.451 e. The predicted octanol–water partition coefficient (Wildman–Crippen LogP) is 4.09. The van der Waals surface area contributed by atoms with Gasteiger partial charge >= 0.3 is 6.09 Å². The van der Waals surface area contributed by atoms with E-state index < -0.39 is 6.09 Å². The number of nitrogens with zero attached hydrogens (tertiary/aromatic N) is 1. The van der Waals surface area contributed by atoms with Gasteiger partial charge in [0, 0.05) is 11.0 Å². The minimum atomic E-state index is -0.514. The molecule has 1 amide bonds. The summed E-state index contributed by atoms with van der Waals surface area (Å²) in [5, 5.41) is 0.601. The molecule has 0 aliphatic heterocycles. The van der Waals surface area contributed by atoms with Crippen molar-refractivity contribution in [2.45, 2.75) is 37.4 Å². The fraction of sp³-hybridized carbons (Fsp3) is 0.667. The second-order valence-electron chi connectivity index (χ2n) is 3.83. The highest BCUT2D eigenvalue weighted by Crippen LogP contribution is 2.32. The average Bonchev–Trinajstić information content (AvgIpc) is 2.37. The zero-order valence-corrected chi connectivity index (χ0v) is 11.8. The number of thioether (sulfide) groups is 2. The van der Waals surface area contributed by atoms with Crippen LogP contribution in [0.1, 0.15) is 32.1 Å². The quantitative estimate of drug-likeness (QED) is 0.441. The van der Waals surface area contributed by atoms with E-state index in [1.165, 1.54) is 39.2 Å². The summed E-state index contributed by atoms with van der Waals surface area (Å²) in [6.07, 6.45) is 7.66. The topological polar surface area (TPSA) is 38.7 Å². The van der Waals surface area contributed by atoms with Crippen LogP contribution in [-0.2, 0) is 4.74 Å². The van der Waals surface area contributed by atoms with Gasteiger partial charge in [-0.15, -0.1) is 6.58 Å².